The molecule has 1 unspecified atom stereocenters. The van der Waals surface area contributed by atoms with Crippen LogP contribution in [0.5, 0.6) is 0 Å². The Balaban J connectivity index is 2.26. The molecule has 1 atom stereocenters. The number of aromatic carboxylic acids is 1. The van der Waals surface area contributed by atoms with E-state index in [4.69, 9.17) is 14.4 Å². The molecule has 0 aliphatic rings. The number of carbonyl (C=O) groups is 1. The number of ether oxygens (including phenoxy) is 1. The lowest BCUT2D eigenvalue weighted by molar-refractivity contribution is 0.0697. The number of carboxylic acid groups (broad SMARTS) is 1. The van der Waals surface area contributed by atoms with E-state index < -0.39 is 5.97 Å². The van der Waals surface area contributed by atoms with Crippen LogP contribution in [0.25, 0.3) is 11.4 Å². The molecule has 18 heavy (non-hydrogen) atoms. The molecule has 0 aliphatic heterocycles. The summed E-state index contributed by atoms with van der Waals surface area (Å²) in [4.78, 5) is 14.9. The number of hydrogen-bond acceptors (Lipinski definition) is 5. The maximum Gasteiger partial charge on any atom is 0.335 e. The first-order chi connectivity index (χ1) is 8.61. The van der Waals surface area contributed by atoms with Crippen LogP contribution in [0.15, 0.2) is 28.8 Å². The number of nitrogens with zero attached hydrogens (tertiary/aromatic N) is 2. The highest BCUT2D eigenvalue weighted by Gasteiger charge is 2.14. The minimum absolute atomic E-state index is 0.215. The van der Waals surface area contributed by atoms with E-state index in [9.17, 15) is 4.79 Å². The monoisotopic (exact) mass is 248 g/mol. The van der Waals surface area contributed by atoms with Crippen LogP contribution in [0, 0.1) is 0 Å². The maximum atomic E-state index is 10.7. The Morgan fingerprint density at radius 3 is 2.61 bits per heavy atom. The minimum atomic E-state index is -0.969. The second-order valence-electron chi connectivity index (χ2n) is 3.72. The summed E-state index contributed by atoms with van der Waals surface area (Å²) in [5, 5.41) is 12.6. The first-order valence-electron chi connectivity index (χ1n) is 5.32. The van der Waals surface area contributed by atoms with Crippen molar-refractivity contribution >= 4 is 5.97 Å². The van der Waals surface area contributed by atoms with Gasteiger partial charge < -0.3 is 14.4 Å². The predicted octanol–water partition coefficient (Wildman–Crippen LogP) is 2.14. The largest absolute Gasteiger partial charge is 0.478 e. The maximum absolute atomic E-state index is 10.7. The van der Waals surface area contributed by atoms with Gasteiger partial charge in [0.25, 0.3) is 5.89 Å². The minimum Gasteiger partial charge on any atom is -0.478 e. The fourth-order valence-corrected chi connectivity index (χ4v) is 1.38. The van der Waals surface area contributed by atoms with Gasteiger partial charge in [-0.15, -0.1) is 0 Å². The van der Waals surface area contributed by atoms with Gasteiger partial charge in [-0.25, -0.2) is 4.79 Å². The van der Waals surface area contributed by atoms with Crippen molar-refractivity contribution in [3.8, 4) is 11.4 Å². The smallest absolute Gasteiger partial charge is 0.335 e. The van der Waals surface area contributed by atoms with Crippen LogP contribution in [0.1, 0.15) is 29.3 Å². The third kappa shape index (κ3) is 2.38. The highest BCUT2D eigenvalue weighted by Crippen LogP contribution is 2.20. The molecule has 1 aromatic heterocycles. The summed E-state index contributed by atoms with van der Waals surface area (Å²) in [5.41, 5.74) is 0.908. The van der Waals surface area contributed by atoms with Crippen molar-refractivity contribution in [2.45, 2.75) is 13.0 Å². The molecule has 0 aliphatic carbocycles. The average molecular weight is 248 g/mol. The molecule has 0 fully saturated rings. The highest BCUT2D eigenvalue weighted by atomic mass is 16.5. The van der Waals surface area contributed by atoms with Crippen LogP contribution in [-0.2, 0) is 4.74 Å². The van der Waals surface area contributed by atoms with Crippen LogP contribution >= 0.6 is 0 Å². The number of benzene rings is 1. The molecule has 0 radical (unpaired) electrons. The Kier molecular flexibility index (Phi) is 3.38. The Bertz CT molecular complexity index is 547. The molecule has 2 rings (SSSR count). The summed E-state index contributed by atoms with van der Waals surface area (Å²) in [6, 6.07) is 6.26. The van der Waals surface area contributed by atoms with Crippen molar-refractivity contribution < 1.29 is 19.2 Å². The van der Waals surface area contributed by atoms with E-state index in [0.717, 1.165) is 0 Å². The van der Waals surface area contributed by atoms with E-state index in [0.29, 0.717) is 17.3 Å². The van der Waals surface area contributed by atoms with Gasteiger partial charge in [0.05, 0.1) is 5.56 Å². The molecule has 0 amide bonds. The van der Waals surface area contributed by atoms with Gasteiger partial charge in [0.2, 0.25) is 5.82 Å². The van der Waals surface area contributed by atoms with E-state index in [1.165, 1.54) is 12.1 Å². The van der Waals surface area contributed by atoms with Crippen LogP contribution < -0.4 is 0 Å². The van der Waals surface area contributed by atoms with E-state index >= 15 is 0 Å². The van der Waals surface area contributed by atoms with Gasteiger partial charge in [0.1, 0.15) is 6.10 Å². The quantitative estimate of drug-likeness (QED) is 0.892. The zero-order valence-electron chi connectivity index (χ0n) is 9.95. The van der Waals surface area contributed by atoms with Gasteiger partial charge in [0, 0.05) is 12.7 Å². The van der Waals surface area contributed by atoms with E-state index in [-0.39, 0.29) is 11.7 Å². The van der Waals surface area contributed by atoms with Crippen LogP contribution in [0.3, 0.4) is 0 Å². The molecule has 1 aromatic carbocycles. The Morgan fingerprint density at radius 1 is 1.39 bits per heavy atom. The Morgan fingerprint density at radius 2 is 2.06 bits per heavy atom. The summed E-state index contributed by atoms with van der Waals surface area (Å²) in [6.07, 6.45) is -0.274. The van der Waals surface area contributed by atoms with E-state index in [2.05, 4.69) is 10.1 Å². The zero-order valence-corrected chi connectivity index (χ0v) is 9.95. The predicted molar refractivity (Wildman–Crippen MR) is 62.1 cm³/mol. The van der Waals surface area contributed by atoms with Crippen LogP contribution in [0.2, 0.25) is 0 Å². The van der Waals surface area contributed by atoms with Gasteiger partial charge in [-0.05, 0) is 19.1 Å². The summed E-state index contributed by atoms with van der Waals surface area (Å²) >= 11 is 0. The first-order valence-corrected chi connectivity index (χ1v) is 5.32. The zero-order chi connectivity index (χ0) is 13.1. The van der Waals surface area contributed by atoms with Gasteiger partial charge in [-0.1, -0.05) is 17.3 Å². The fraction of sp³-hybridized carbons (Fsp3) is 0.250. The van der Waals surface area contributed by atoms with Gasteiger partial charge >= 0.3 is 5.97 Å². The number of carboxylic acids is 1. The molecule has 1 heterocycles. The molecule has 94 valence electrons. The lowest BCUT2D eigenvalue weighted by Crippen LogP contribution is -1.96. The topological polar surface area (TPSA) is 85.5 Å². The SMILES string of the molecule is COC(C)c1nc(-c2ccc(C(=O)O)cc2)no1. The van der Waals surface area contributed by atoms with Crippen molar-refractivity contribution in [2.75, 3.05) is 7.11 Å². The van der Waals surface area contributed by atoms with E-state index in [1.54, 1.807) is 26.2 Å². The van der Waals surface area contributed by atoms with Crippen molar-refractivity contribution in [3.63, 3.8) is 0 Å². The molecular weight excluding hydrogens is 236 g/mol. The molecular formula is C12H12N2O4. The van der Waals surface area contributed by atoms with Crippen LogP contribution in [0.4, 0.5) is 0 Å². The summed E-state index contributed by atoms with van der Waals surface area (Å²) < 4.78 is 10.1. The van der Waals surface area contributed by atoms with Gasteiger partial charge in [-0.3, -0.25) is 0 Å². The Labute approximate surface area is 103 Å². The molecule has 0 bridgehead atoms. The van der Waals surface area contributed by atoms with Crippen molar-refractivity contribution in [2.24, 2.45) is 0 Å². The fourth-order valence-electron chi connectivity index (χ4n) is 1.38. The third-order valence-corrected chi connectivity index (χ3v) is 2.53. The van der Waals surface area contributed by atoms with Gasteiger partial charge in [-0.2, -0.15) is 4.98 Å². The van der Waals surface area contributed by atoms with Crippen molar-refractivity contribution in [1.29, 1.82) is 0 Å². The highest BCUT2D eigenvalue weighted by molar-refractivity contribution is 5.88. The average Bonchev–Trinajstić information content (AvgIpc) is 2.87. The molecule has 1 N–H and O–H groups in total. The lowest BCUT2D eigenvalue weighted by Gasteiger charge is -2.00. The second-order valence-corrected chi connectivity index (χ2v) is 3.72. The standard InChI is InChI=1S/C12H12N2O4/c1-7(17-2)11-13-10(14-18-11)8-3-5-9(6-4-8)12(15)16/h3-7H,1-2H3,(H,15,16). The molecule has 0 spiro atoms. The molecule has 2 aromatic rings. The summed E-state index contributed by atoms with van der Waals surface area (Å²) in [7, 11) is 1.55. The number of methoxy groups -OCH3 is 1. The normalized spacial score (nSPS) is 12.3. The summed E-state index contributed by atoms with van der Waals surface area (Å²) in [6.45, 7) is 1.80. The summed E-state index contributed by atoms with van der Waals surface area (Å²) in [5.74, 6) is -0.177. The third-order valence-electron chi connectivity index (χ3n) is 2.53. The number of aromatic nitrogens is 2. The number of rotatable bonds is 4. The lowest BCUT2D eigenvalue weighted by atomic mass is 10.1. The molecule has 6 nitrogen and oxygen atoms in total. The molecule has 6 heteroatoms. The Hall–Kier alpha value is -2.21. The van der Waals surface area contributed by atoms with Gasteiger partial charge in [0.15, 0.2) is 0 Å². The van der Waals surface area contributed by atoms with Crippen molar-refractivity contribution in [3.05, 3.63) is 35.7 Å². The van der Waals surface area contributed by atoms with Crippen molar-refractivity contribution in [1.82, 2.24) is 10.1 Å². The van der Waals surface area contributed by atoms with Crippen LogP contribution in [-0.4, -0.2) is 28.3 Å². The molecule has 0 saturated heterocycles. The molecule has 0 saturated carbocycles. The number of hydrogen-bond donors (Lipinski definition) is 1. The second kappa shape index (κ2) is 4.97. The van der Waals surface area contributed by atoms with E-state index in [1.807, 2.05) is 0 Å². The first kappa shape index (κ1) is 12.3.